The van der Waals surface area contributed by atoms with Gasteiger partial charge in [-0.1, -0.05) is 30.3 Å². The van der Waals surface area contributed by atoms with E-state index in [1.165, 1.54) is 20.2 Å². The van der Waals surface area contributed by atoms with Crippen LogP contribution in [-0.4, -0.2) is 5.11 Å². The van der Waals surface area contributed by atoms with Crippen LogP contribution >= 0.6 is 63.3 Å². The van der Waals surface area contributed by atoms with Gasteiger partial charge in [-0.3, -0.25) is 0 Å². The van der Waals surface area contributed by atoms with Crippen LogP contribution in [0.25, 0.3) is 0 Å². The van der Waals surface area contributed by atoms with E-state index in [-0.39, 0.29) is 0 Å². The molecule has 0 atom stereocenters. The Morgan fingerprint density at radius 2 is 1.50 bits per heavy atom. The van der Waals surface area contributed by atoms with E-state index in [1.54, 1.807) is 0 Å². The molecule has 0 unspecified atom stereocenters. The Balaban J connectivity index is 0.000000561. The quantitative estimate of drug-likeness (QED) is 0.277. The molecule has 12 heavy (non-hydrogen) atoms. The molecule has 1 aromatic carbocycles. The van der Waals surface area contributed by atoms with Gasteiger partial charge in [-0.25, -0.2) is 0 Å². The Hall–Kier alpha value is 2.24. The molecule has 0 amide bonds. The van der Waals surface area contributed by atoms with Crippen LogP contribution in [0.1, 0.15) is 5.56 Å². The Morgan fingerprint density at radius 1 is 1.08 bits per heavy atom. The Labute approximate surface area is 124 Å². The maximum absolute atomic E-state index is 9.46. The summed E-state index contributed by atoms with van der Waals surface area (Å²) in [5.74, 6) is 0. The first-order valence-electron chi connectivity index (χ1n) is 2.95. The van der Waals surface area contributed by atoms with E-state index in [0.717, 1.165) is 5.56 Å². The molecule has 0 fully saturated rings. The molecule has 1 rings (SSSR count). The molecule has 65 valence electrons. The average Bonchev–Trinajstić information content (AvgIpc) is 2.08. The van der Waals surface area contributed by atoms with E-state index in [4.69, 9.17) is 0 Å². The average molecular weight is 665 g/mol. The van der Waals surface area contributed by atoms with Crippen molar-refractivity contribution in [1.29, 1.82) is 0 Å². The number of rotatable bonds is 1. The summed E-state index contributed by atoms with van der Waals surface area (Å²) >= 11 is 7.53. The van der Waals surface area contributed by atoms with E-state index in [1.807, 2.05) is 75.5 Å². The van der Waals surface area contributed by atoms with Gasteiger partial charge in [-0.15, -0.1) is 0 Å². The topological polar surface area (TPSA) is 20.2 Å². The summed E-state index contributed by atoms with van der Waals surface area (Å²) < 4.78 is -0.767. The fourth-order valence-corrected chi connectivity index (χ4v) is 1.36. The second-order valence-electron chi connectivity index (χ2n) is 1.91. The number of aliphatic hydroxyl groups is 1. The summed E-state index contributed by atoms with van der Waals surface area (Å²) in [5, 5.41) is 9.46. The van der Waals surface area contributed by atoms with Gasteiger partial charge >= 0.3 is 38.4 Å². The van der Waals surface area contributed by atoms with Gasteiger partial charge in [0.15, 0.2) is 1.61 Å². The molecule has 1 nitrogen and oxygen atoms in total. The van der Waals surface area contributed by atoms with Crippen LogP contribution in [0, 0.1) is 0 Å². The third-order valence-electron chi connectivity index (χ3n) is 1.12. The Bertz CT molecular complexity index is 210. The van der Waals surface area contributed by atoms with Crippen molar-refractivity contribution in [2.24, 2.45) is 0 Å². The molecule has 0 aromatic heterocycles. The number of alkyl halides is 2. The first-order chi connectivity index (χ1) is 5.61. The number of benzene rings is 1. The fraction of sp³-hybridized carbons (Fsp3) is 0.143. The van der Waals surface area contributed by atoms with E-state index in [0.29, 0.717) is 0 Å². The summed E-state index contributed by atoms with van der Waals surface area (Å²) in [6.45, 7) is 0. The summed E-state index contributed by atoms with van der Waals surface area (Å²) in [6, 6.07) is 9.57. The van der Waals surface area contributed by atoms with Gasteiger partial charge in [0.05, 0.1) is 0 Å². The van der Waals surface area contributed by atoms with Gasteiger partial charge in [0.2, 0.25) is 0 Å². The van der Waals surface area contributed by atoms with Crippen LogP contribution in [0.3, 0.4) is 0 Å². The molecule has 0 radical (unpaired) electrons. The van der Waals surface area contributed by atoms with E-state index in [2.05, 4.69) is 18.1 Å². The first kappa shape index (κ1) is 14.2. The number of hydrogen-bond donors (Lipinski definition) is 1. The van der Waals surface area contributed by atoms with Gasteiger partial charge < -0.3 is 5.11 Å². The molecule has 0 saturated carbocycles. The molecule has 0 spiro atoms. The zero-order valence-electron chi connectivity index (χ0n) is 5.97. The summed E-state index contributed by atoms with van der Waals surface area (Å²) in [6.07, 6.45) is 0. The standard InChI is InChI=1S/C7H6I2O.Hf.HI/c8-7(9,10)6-4-2-1-3-5-6;;/h1-5,10H;;1H/q;+1;/p-1. The van der Waals surface area contributed by atoms with Crippen LogP contribution in [0.4, 0.5) is 0 Å². The van der Waals surface area contributed by atoms with E-state index < -0.39 is 1.61 Å². The number of hydrogen-bond acceptors (Lipinski definition) is 1. The normalized spacial score (nSPS) is 9.92. The monoisotopic (exact) mass is 667 g/mol. The van der Waals surface area contributed by atoms with Crippen molar-refractivity contribution in [3.8, 4) is 0 Å². The van der Waals surface area contributed by atoms with Crippen LogP contribution in [0.2, 0.25) is 0 Å². The van der Waals surface area contributed by atoms with Crippen molar-refractivity contribution in [2.45, 2.75) is 1.61 Å². The second kappa shape index (κ2) is 7.52. The maximum atomic E-state index is 9.46. The molecular weight excluding hydrogens is 659 g/mol. The van der Waals surface area contributed by atoms with Crippen molar-refractivity contribution in [2.75, 3.05) is 0 Å². The molecule has 0 saturated heterocycles. The van der Waals surface area contributed by atoms with Crippen LogP contribution < -0.4 is 0 Å². The zero-order chi connectivity index (χ0) is 9.61. The summed E-state index contributed by atoms with van der Waals surface area (Å²) in [4.78, 5) is 0. The van der Waals surface area contributed by atoms with E-state index in [9.17, 15) is 5.11 Å². The van der Waals surface area contributed by atoms with Gasteiger partial charge in [-0.2, -0.15) is 0 Å². The van der Waals surface area contributed by atoms with Crippen molar-refractivity contribution < 1.29 is 25.3 Å². The molecule has 0 bridgehead atoms. The van der Waals surface area contributed by atoms with Crippen molar-refractivity contribution in [3.05, 3.63) is 35.9 Å². The molecule has 5 heteroatoms. The SMILES string of the molecule is OC(I)(I)c1ccccc1.[I][Hf]. The third-order valence-corrected chi connectivity index (χ3v) is 2.37. The third kappa shape index (κ3) is 5.86. The Morgan fingerprint density at radius 3 is 1.75 bits per heavy atom. The predicted molar refractivity (Wildman–Crippen MR) is 72.4 cm³/mol. The molecule has 0 aliphatic rings. The predicted octanol–water partition coefficient (Wildman–Crippen LogP) is 3.54. The molecule has 0 aliphatic carbocycles. The molecule has 1 aromatic rings. The molecule has 1 N–H and O–H groups in total. The fourth-order valence-electron chi connectivity index (χ4n) is 0.639. The van der Waals surface area contributed by atoms with Crippen molar-refractivity contribution in [1.82, 2.24) is 0 Å². The molecule has 0 heterocycles. The summed E-state index contributed by atoms with van der Waals surface area (Å²) in [7, 11) is 0. The van der Waals surface area contributed by atoms with Gasteiger partial charge in [0.25, 0.3) is 0 Å². The number of halogens is 3. The van der Waals surface area contributed by atoms with E-state index >= 15 is 0 Å². The van der Waals surface area contributed by atoms with Crippen LogP contribution in [-0.2, 0) is 21.8 Å². The van der Waals surface area contributed by atoms with Crippen molar-refractivity contribution >= 4 is 63.3 Å². The van der Waals surface area contributed by atoms with Crippen LogP contribution in [0.5, 0.6) is 0 Å². The van der Waals surface area contributed by atoms with Gasteiger partial charge in [-0.05, 0) is 45.2 Å². The van der Waals surface area contributed by atoms with Crippen molar-refractivity contribution in [3.63, 3.8) is 0 Å². The Kier molecular flexibility index (Phi) is 8.93. The van der Waals surface area contributed by atoms with Gasteiger partial charge in [0, 0.05) is 5.56 Å². The molecule has 0 aliphatic heterocycles. The van der Waals surface area contributed by atoms with Crippen LogP contribution in [0.15, 0.2) is 30.3 Å². The first-order valence-corrected chi connectivity index (χ1v) is 15.3. The minimum atomic E-state index is -0.767. The summed E-state index contributed by atoms with van der Waals surface area (Å²) in [5.41, 5.74) is 0.927. The second-order valence-corrected chi connectivity index (χ2v) is 7.09. The molecular formula is C7H6HfI3O. The van der Waals surface area contributed by atoms with Gasteiger partial charge in [0.1, 0.15) is 0 Å². The minimum absolute atomic E-state index is 0.767. The zero-order valence-corrected chi connectivity index (χ0v) is 16.0.